The minimum Gasteiger partial charge on any atom is -0.486 e. The number of carboxylic acids is 1. The zero-order valence-electron chi connectivity index (χ0n) is 12.4. The van der Waals surface area contributed by atoms with Crippen molar-refractivity contribution in [2.24, 2.45) is 0 Å². The Bertz CT molecular complexity index is 748. The van der Waals surface area contributed by atoms with E-state index in [1.54, 1.807) is 6.92 Å². The third-order valence-corrected chi connectivity index (χ3v) is 4.60. The Morgan fingerprint density at radius 2 is 2.00 bits per heavy atom. The van der Waals surface area contributed by atoms with Gasteiger partial charge in [-0.2, -0.15) is 0 Å². The van der Waals surface area contributed by atoms with Crippen molar-refractivity contribution in [3.8, 4) is 11.5 Å². The van der Waals surface area contributed by atoms with E-state index in [0.717, 1.165) is 29.7 Å². The first kappa shape index (κ1) is 13.4. The second-order valence-corrected chi connectivity index (χ2v) is 5.97. The first-order chi connectivity index (χ1) is 10.6. The van der Waals surface area contributed by atoms with Crippen molar-refractivity contribution < 1.29 is 19.4 Å². The Morgan fingerprint density at radius 1 is 1.32 bits per heavy atom. The summed E-state index contributed by atoms with van der Waals surface area (Å²) in [6.45, 7) is 2.74. The SMILES string of the molecule is CC(C(=O)O)n1c(C2CCC2)nc2cc3c(cc21)OCCO3. The molecule has 1 aromatic heterocycles. The summed E-state index contributed by atoms with van der Waals surface area (Å²) >= 11 is 0. The Labute approximate surface area is 127 Å². The molecular formula is C16H18N2O4. The molecule has 1 aliphatic carbocycles. The van der Waals surface area contributed by atoms with E-state index in [1.807, 2.05) is 16.7 Å². The minimum absolute atomic E-state index is 0.355. The van der Waals surface area contributed by atoms with Gasteiger partial charge in [0.25, 0.3) is 0 Å². The Balaban J connectivity index is 1.93. The molecular weight excluding hydrogens is 284 g/mol. The van der Waals surface area contributed by atoms with Crippen LogP contribution < -0.4 is 9.47 Å². The van der Waals surface area contributed by atoms with Crippen LogP contribution in [0.5, 0.6) is 11.5 Å². The molecule has 0 bridgehead atoms. The number of aromatic nitrogens is 2. The fourth-order valence-corrected chi connectivity index (χ4v) is 3.12. The Kier molecular flexibility index (Phi) is 2.99. The van der Waals surface area contributed by atoms with Crippen molar-refractivity contribution in [1.82, 2.24) is 9.55 Å². The van der Waals surface area contributed by atoms with Gasteiger partial charge in [-0.25, -0.2) is 9.78 Å². The van der Waals surface area contributed by atoms with Gasteiger partial charge in [-0.15, -0.1) is 0 Å². The van der Waals surface area contributed by atoms with Crippen molar-refractivity contribution in [3.63, 3.8) is 0 Å². The van der Waals surface area contributed by atoms with Crippen molar-refractivity contribution in [2.45, 2.75) is 38.1 Å². The molecule has 1 unspecified atom stereocenters. The largest absolute Gasteiger partial charge is 0.486 e. The first-order valence-electron chi connectivity index (χ1n) is 7.69. The number of ether oxygens (including phenoxy) is 2. The maximum atomic E-state index is 11.5. The number of hydrogen-bond acceptors (Lipinski definition) is 4. The van der Waals surface area contributed by atoms with Gasteiger partial charge >= 0.3 is 5.97 Å². The molecule has 6 nitrogen and oxygen atoms in total. The third-order valence-electron chi connectivity index (χ3n) is 4.60. The van der Waals surface area contributed by atoms with Gasteiger partial charge in [-0.1, -0.05) is 6.42 Å². The van der Waals surface area contributed by atoms with Crippen molar-refractivity contribution in [3.05, 3.63) is 18.0 Å². The Morgan fingerprint density at radius 3 is 2.59 bits per heavy atom. The maximum Gasteiger partial charge on any atom is 0.326 e. The molecule has 4 rings (SSSR count). The van der Waals surface area contributed by atoms with Crippen LogP contribution in [0, 0.1) is 0 Å². The highest BCUT2D eigenvalue weighted by Crippen LogP contribution is 2.41. The predicted molar refractivity (Wildman–Crippen MR) is 79.7 cm³/mol. The molecule has 1 aliphatic heterocycles. The van der Waals surface area contributed by atoms with E-state index in [9.17, 15) is 9.90 Å². The Hall–Kier alpha value is -2.24. The lowest BCUT2D eigenvalue weighted by molar-refractivity contribution is -0.140. The molecule has 1 aromatic carbocycles. The first-order valence-corrected chi connectivity index (χ1v) is 7.69. The van der Waals surface area contributed by atoms with Gasteiger partial charge in [0.2, 0.25) is 0 Å². The third kappa shape index (κ3) is 1.94. The number of nitrogens with zero attached hydrogens (tertiary/aromatic N) is 2. The number of aliphatic carboxylic acids is 1. The monoisotopic (exact) mass is 302 g/mol. The average Bonchev–Trinajstić information content (AvgIpc) is 2.79. The highest BCUT2D eigenvalue weighted by atomic mass is 16.6. The van der Waals surface area contributed by atoms with Gasteiger partial charge < -0.3 is 19.1 Å². The summed E-state index contributed by atoms with van der Waals surface area (Å²) in [6.07, 6.45) is 3.32. The minimum atomic E-state index is -0.852. The number of carboxylic acid groups (broad SMARTS) is 1. The van der Waals surface area contributed by atoms with E-state index >= 15 is 0 Å². The smallest absolute Gasteiger partial charge is 0.326 e. The summed E-state index contributed by atoms with van der Waals surface area (Å²) in [4.78, 5) is 16.2. The molecule has 22 heavy (non-hydrogen) atoms. The summed E-state index contributed by atoms with van der Waals surface area (Å²) < 4.78 is 13.1. The van der Waals surface area contributed by atoms with Gasteiger partial charge in [0, 0.05) is 18.1 Å². The highest BCUT2D eigenvalue weighted by molar-refractivity contribution is 5.83. The zero-order chi connectivity index (χ0) is 15.3. The number of benzene rings is 1. The lowest BCUT2D eigenvalue weighted by atomic mass is 9.84. The number of rotatable bonds is 3. The van der Waals surface area contributed by atoms with Crippen LogP contribution >= 0.6 is 0 Å². The van der Waals surface area contributed by atoms with Gasteiger partial charge in [0.1, 0.15) is 25.1 Å². The van der Waals surface area contributed by atoms with Gasteiger partial charge in [0.15, 0.2) is 11.5 Å². The summed E-state index contributed by atoms with van der Waals surface area (Å²) in [6, 6.07) is 3.07. The molecule has 1 N–H and O–H groups in total. The van der Waals surface area contributed by atoms with E-state index in [4.69, 9.17) is 14.5 Å². The molecule has 0 amide bonds. The van der Waals surface area contributed by atoms with Crippen LogP contribution in [0.25, 0.3) is 11.0 Å². The molecule has 2 aliphatic rings. The molecule has 116 valence electrons. The van der Waals surface area contributed by atoms with Crippen molar-refractivity contribution in [1.29, 1.82) is 0 Å². The van der Waals surface area contributed by atoms with Crippen LogP contribution in [-0.2, 0) is 4.79 Å². The quantitative estimate of drug-likeness (QED) is 0.943. The predicted octanol–water partition coefficient (Wildman–Crippen LogP) is 2.72. The summed E-state index contributed by atoms with van der Waals surface area (Å²) in [5.41, 5.74) is 1.58. The van der Waals surface area contributed by atoms with Crippen LogP contribution in [0.3, 0.4) is 0 Å². The molecule has 1 fully saturated rings. The fraction of sp³-hybridized carbons (Fsp3) is 0.500. The molecule has 1 saturated carbocycles. The molecule has 0 radical (unpaired) electrons. The van der Waals surface area contributed by atoms with Crippen LogP contribution in [0.2, 0.25) is 0 Å². The van der Waals surface area contributed by atoms with Gasteiger partial charge in [-0.3, -0.25) is 0 Å². The summed E-state index contributed by atoms with van der Waals surface area (Å²) in [5.74, 6) is 1.73. The van der Waals surface area contributed by atoms with Crippen LogP contribution in [0.15, 0.2) is 12.1 Å². The van der Waals surface area contributed by atoms with E-state index in [2.05, 4.69) is 0 Å². The van der Waals surface area contributed by atoms with Gasteiger partial charge in [-0.05, 0) is 19.8 Å². The van der Waals surface area contributed by atoms with Crippen molar-refractivity contribution >= 4 is 17.0 Å². The molecule has 0 spiro atoms. The second-order valence-electron chi connectivity index (χ2n) is 5.97. The van der Waals surface area contributed by atoms with Crippen LogP contribution in [-0.4, -0.2) is 33.8 Å². The van der Waals surface area contributed by atoms with Gasteiger partial charge in [0.05, 0.1) is 11.0 Å². The molecule has 0 saturated heterocycles. The van der Waals surface area contributed by atoms with E-state index in [1.165, 1.54) is 6.42 Å². The normalized spacial score (nSPS) is 19.0. The molecule has 6 heteroatoms. The lowest BCUT2D eigenvalue weighted by Crippen LogP contribution is -2.22. The number of hydrogen-bond donors (Lipinski definition) is 1. The maximum absolute atomic E-state index is 11.5. The second kappa shape index (κ2) is 4.90. The molecule has 1 atom stereocenters. The number of fused-ring (bicyclic) bond motifs is 2. The summed E-state index contributed by atoms with van der Waals surface area (Å²) in [5, 5.41) is 9.44. The zero-order valence-corrected chi connectivity index (χ0v) is 12.4. The fourth-order valence-electron chi connectivity index (χ4n) is 3.12. The number of imidazole rings is 1. The molecule has 2 aromatic rings. The van der Waals surface area contributed by atoms with E-state index < -0.39 is 12.0 Å². The lowest BCUT2D eigenvalue weighted by Gasteiger charge is -2.27. The van der Waals surface area contributed by atoms with Crippen molar-refractivity contribution in [2.75, 3.05) is 13.2 Å². The van der Waals surface area contributed by atoms with Crippen LogP contribution in [0.4, 0.5) is 0 Å². The van der Waals surface area contributed by atoms with E-state index in [0.29, 0.717) is 30.6 Å². The summed E-state index contributed by atoms with van der Waals surface area (Å²) in [7, 11) is 0. The molecule has 2 heterocycles. The standard InChI is InChI=1S/C16H18N2O4/c1-9(16(19)20)18-12-8-14-13(21-5-6-22-14)7-11(12)17-15(18)10-3-2-4-10/h7-10H,2-6H2,1H3,(H,19,20). The van der Waals surface area contributed by atoms with E-state index in [-0.39, 0.29) is 0 Å². The average molecular weight is 302 g/mol. The number of carbonyl (C=O) groups is 1. The van der Waals surface area contributed by atoms with Crippen LogP contribution in [0.1, 0.15) is 44.0 Å². The highest BCUT2D eigenvalue weighted by Gasteiger charge is 2.30. The topological polar surface area (TPSA) is 73.6 Å².